The minimum atomic E-state index is 0.0532. The zero-order valence-electron chi connectivity index (χ0n) is 10.4. The van der Waals surface area contributed by atoms with Crippen molar-refractivity contribution >= 4 is 19.5 Å². The summed E-state index contributed by atoms with van der Waals surface area (Å²) < 4.78 is 0. The van der Waals surface area contributed by atoms with Crippen LogP contribution in [0.15, 0.2) is 41.4 Å². The van der Waals surface area contributed by atoms with Crippen molar-refractivity contribution in [2.75, 3.05) is 0 Å². The van der Waals surface area contributed by atoms with E-state index in [4.69, 9.17) is 12.8 Å². The topological polar surface area (TPSA) is 12.4 Å². The van der Waals surface area contributed by atoms with E-state index in [2.05, 4.69) is 19.1 Å². The minimum absolute atomic E-state index is 0.0532. The third kappa shape index (κ3) is 3.59. The van der Waals surface area contributed by atoms with Gasteiger partial charge in [-0.25, -0.2) is 0 Å². The molecule has 1 aliphatic carbocycles. The number of hydrogen-bond donors (Lipinski definition) is 0. The fourth-order valence-corrected chi connectivity index (χ4v) is 2.14. The molecule has 17 heavy (non-hydrogen) atoms. The lowest BCUT2D eigenvalue weighted by Gasteiger charge is -2.22. The van der Waals surface area contributed by atoms with Crippen molar-refractivity contribution in [1.82, 2.24) is 0 Å². The standard InChI is InChI=1S/C15H18BN/c1-15(9-4-2-3-5-10-15)17-12-13-7-6-8-14(16)11-13/h2,4,6-8,11-12H,3,5,9-10H2,1H3. The first-order chi connectivity index (χ1) is 8.18. The van der Waals surface area contributed by atoms with E-state index in [0.29, 0.717) is 0 Å². The summed E-state index contributed by atoms with van der Waals surface area (Å²) in [6.07, 6.45) is 11.1. The average molecular weight is 223 g/mol. The molecule has 0 aliphatic heterocycles. The molecular formula is C15H18BN. The van der Waals surface area contributed by atoms with Crippen LogP contribution in [0.1, 0.15) is 38.2 Å². The summed E-state index contributed by atoms with van der Waals surface area (Å²) in [6, 6.07) is 7.86. The van der Waals surface area contributed by atoms with Crippen molar-refractivity contribution in [2.45, 2.75) is 38.1 Å². The maximum absolute atomic E-state index is 5.75. The first kappa shape index (κ1) is 12.2. The lowest BCUT2D eigenvalue weighted by Crippen LogP contribution is -2.20. The average Bonchev–Trinajstić information content (AvgIpc) is 2.53. The summed E-state index contributed by atoms with van der Waals surface area (Å²) in [4.78, 5) is 4.75. The van der Waals surface area contributed by atoms with E-state index in [0.717, 1.165) is 23.9 Å². The molecule has 1 aliphatic rings. The van der Waals surface area contributed by atoms with Crippen molar-refractivity contribution in [3.63, 3.8) is 0 Å². The van der Waals surface area contributed by atoms with E-state index in [1.165, 1.54) is 12.8 Å². The summed E-state index contributed by atoms with van der Waals surface area (Å²) in [6.45, 7) is 2.23. The zero-order valence-corrected chi connectivity index (χ0v) is 10.4. The second-order valence-corrected chi connectivity index (χ2v) is 4.99. The van der Waals surface area contributed by atoms with Crippen LogP contribution < -0.4 is 5.46 Å². The van der Waals surface area contributed by atoms with E-state index in [1.807, 2.05) is 30.5 Å². The summed E-state index contributed by atoms with van der Waals surface area (Å²) in [7, 11) is 5.75. The molecule has 86 valence electrons. The highest BCUT2D eigenvalue weighted by atomic mass is 14.8. The molecule has 0 heterocycles. The van der Waals surface area contributed by atoms with Gasteiger partial charge in [0.2, 0.25) is 0 Å². The Morgan fingerprint density at radius 2 is 2.24 bits per heavy atom. The van der Waals surface area contributed by atoms with E-state index < -0.39 is 0 Å². The van der Waals surface area contributed by atoms with Gasteiger partial charge in [-0.1, -0.05) is 41.9 Å². The molecule has 1 nitrogen and oxygen atoms in total. The largest absolute Gasteiger partial charge is 0.286 e. The Morgan fingerprint density at radius 3 is 3.06 bits per heavy atom. The Kier molecular flexibility index (Phi) is 3.83. The van der Waals surface area contributed by atoms with E-state index in [9.17, 15) is 0 Å². The lowest BCUT2D eigenvalue weighted by molar-refractivity contribution is 0.439. The number of benzene rings is 1. The van der Waals surface area contributed by atoms with Gasteiger partial charge in [0.25, 0.3) is 0 Å². The van der Waals surface area contributed by atoms with Crippen LogP contribution in [0.5, 0.6) is 0 Å². The van der Waals surface area contributed by atoms with Crippen LogP contribution in [0.4, 0.5) is 0 Å². The molecule has 0 spiro atoms. The summed E-state index contributed by atoms with van der Waals surface area (Å²) in [5, 5.41) is 0. The Morgan fingerprint density at radius 1 is 1.35 bits per heavy atom. The van der Waals surface area contributed by atoms with E-state index in [1.54, 1.807) is 0 Å². The zero-order chi connectivity index (χ0) is 12.1. The van der Waals surface area contributed by atoms with Gasteiger partial charge in [-0.2, -0.15) is 0 Å². The summed E-state index contributed by atoms with van der Waals surface area (Å²) in [5.74, 6) is 0. The monoisotopic (exact) mass is 223 g/mol. The second kappa shape index (κ2) is 5.35. The molecule has 0 fully saturated rings. The predicted molar refractivity (Wildman–Crippen MR) is 75.4 cm³/mol. The third-order valence-electron chi connectivity index (χ3n) is 3.25. The van der Waals surface area contributed by atoms with Gasteiger partial charge in [0, 0.05) is 6.21 Å². The molecule has 0 saturated heterocycles. The van der Waals surface area contributed by atoms with Crippen molar-refractivity contribution in [3.05, 3.63) is 42.0 Å². The van der Waals surface area contributed by atoms with E-state index in [-0.39, 0.29) is 5.54 Å². The molecule has 1 aromatic rings. The maximum Gasteiger partial charge on any atom is 0.113 e. The molecule has 1 atom stereocenters. The van der Waals surface area contributed by atoms with Gasteiger partial charge in [0.05, 0.1) is 5.54 Å². The van der Waals surface area contributed by atoms with Crippen LogP contribution in [0.25, 0.3) is 0 Å². The number of rotatable bonds is 2. The molecule has 0 aromatic heterocycles. The second-order valence-electron chi connectivity index (χ2n) is 4.99. The molecule has 0 saturated carbocycles. The quantitative estimate of drug-likeness (QED) is 0.415. The first-order valence-corrected chi connectivity index (χ1v) is 6.24. The fourth-order valence-electron chi connectivity index (χ4n) is 2.14. The van der Waals surface area contributed by atoms with Gasteiger partial charge in [-0.05, 0) is 38.2 Å². The SMILES string of the molecule is [B]c1cccc(C=NC2(C)CC=CCCC2)c1. The third-order valence-corrected chi connectivity index (χ3v) is 3.25. The molecule has 0 bridgehead atoms. The molecule has 2 radical (unpaired) electrons. The predicted octanol–water partition coefficient (Wildman–Crippen LogP) is 2.79. The van der Waals surface area contributed by atoms with Crippen LogP contribution >= 0.6 is 0 Å². The lowest BCUT2D eigenvalue weighted by atomic mass is 9.93. The van der Waals surface area contributed by atoms with Crippen molar-refractivity contribution in [2.24, 2.45) is 4.99 Å². The molecular weight excluding hydrogens is 205 g/mol. The Balaban J connectivity index is 2.11. The van der Waals surface area contributed by atoms with Gasteiger partial charge in [0.15, 0.2) is 0 Å². The maximum atomic E-state index is 5.75. The number of nitrogens with zero attached hydrogens (tertiary/aromatic N) is 1. The van der Waals surface area contributed by atoms with Gasteiger partial charge in [-0.3, -0.25) is 4.99 Å². The highest BCUT2D eigenvalue weighted by Gasteiger charge is 2.21. The first-order valence-electron chi connectivity index (χ1n) is 6.24. The Bertz CT molecular complexity index is 436. The fraction of sp³-hybridized carbons (Fsp3) is 0.400. The van der Waals surface area contributed by atoms with Crippen LogP contribution in [-0.4, -0.2) is 19.6 Å². The van der Waals surface area contributed by atoms with Gasteiger partial charge >= 0.3 is 0 Å². The highest BCUT2D eigenvalue weighted by molar-refractivity contribution is 6.32. The molecule has 0 amide bonds. The van der Waals surface area contributed by atoms with Crippen molar-refractivity contribution < 1.29 is 0 Å². The Labute approximate surface area is 105 Å². The van der Waals surface area contributed by atoms with Gasteiger partial charge in [0.1, 0.15) is 7.85 Å². The summed E-state index contributed by atoms with van der Waals surface area (Å²) in [5.41, 5.74) is 1.93. The van der Waals surface area contributed by atoms with Crippen molar-refractivity contribution in [1.29, 1.82) is 0 Å². The molecule has 2 heteroatoms. The number of aliphatic imine (C=N–C) groups is 1. The van der Waals surface area contributed by atoms with Crippen LogP contribution in [0.2, 0.25) is 0 Å². The minimum Gasteiger partial charge on any atom is -0.286 e. The van der Waals surface area contributed by atoms with Gasteiger partial charge in [-0.15, -0.1) is 0 Å². The molecule has 1 unspecified atom stereocenters. The van der Waals surface area contributed by atoms with Gasteiger partial charge < -0.3 is 0 Å². The van der Waals surface area contributed by atoms with Crippen LogP contribution in [0.3, 0.4) is 0 Å². The number of allylic oxidation sites excluding steroid dienone is 1. The van der Waals surface area contributed by atoms with Crippen molar-refractivity contribution in [3.8, 4) is 0 Å². The molecule has 2 rings (SSSR count). The molecule has 0 N–H and O–H groups in total. The van der Waals surface area contributed by atoms with Crippen LogP contribution in [-0.2, 0) is 0 Å². The number of hydrogen-bond acceptors (Lipinski definition) is 1. The van der Waals surface area contributed by atoms with E-state index >= 15 is 0 Å². The summed E-state index contributed by atoms with van der Waals surface area (Å²) >= 11 is 0. The highest BCUT2D eigenvalue weighted by Crippen LogP contribution is 2.26. The normalized spacial score (nSPS) is 25.0. The molecule has 1 aromatic carbocycles. The Hall–Kier alpha value is -1.31. The smallest absolute Gasteiger partial charge is 0.113 e. The van der Waals surface area contributed by atoms with Crippen LogP contribution in [0, 0.1) is 0 Å².